The fourth-order valence-corrected chi connectivity index (χ4v) is 4.44. The largest absolute Gasteiger partial charge is 0.508 e. The fourth-order valence-electron chi connectivity index (χ4n) is 4.44. The number of fused-ring (bicyclic) bond motifs is 1. The highest BCUT2D eigenvalue weighted by atomic mass is 16.7. The molecule has 5 rings (SSSR count). The Morgan fingerprint density at radius 1 is 0.881 bits per heavy atom. The minimum atomic E-state index is -1.69. The summed E-state index contributed by atoms with van der Waals surface area (Å²) in [6, 6.07) is 13.5. The SMILES string of the molecule is CC1O[C@@H](Oc2c(-c3ccc(O)cc3)oc3cc(O)cc(O)c3c2=O)[C@@H](OC(=O)/C=C/c2ccc(O)cc2)C(O)[C@H]1O. The number of carbonyl (C=O) groups is 1. The van der Waals surface area contributed by atoms with E-state index < -0.39 is 53.6 Å². The van der Waals surface area contributed by atoms with Crippen molar-refractivity contribution in [1.29, 1.82) is 0 Å². The van der Waals surface area contributed by atoms with Crippen molar-refractivity contribution in [2.24, 2.45) is 0 Å². The smallest absolute Gasteiger partial charge is 0.331 e. The Kier molecular flexibility index (Phi) is 7.77. The molecule has 0 spiro atoms. The van der Waals surface area contributed by atoms with Crippen molar-refractivity contribution in [2.75, 3.05) is 0 Å². The summed E-state index contributed by atoms with van der Waals surface area (Å²) in [4.78, 5) is 26.4. The van der Waals surface area contributed by atoms with E-state index >= 15 is 0 Å². The zero-order chi connectivity index (χ0) is 30.1. The van der Waals surface area contributed by atoms with Gasteiger partial charge in [-0.2, -0.15) is 0 Å². The summed E-state index contributed by atoms with van der Waals surface area (Å²) in [5, 5.41) is 60.4. The standard InChI is InChI=1S/C30H26O12/c1-14-24(36)26(38)29(41-22(35)11-4-15-2-7-17(31)8-3-15)30(39-14)42-28-25(37)23-20(34)12-19(33)13-21(23)40-27(28)16-5-9-18(32)10-6-16/h2-14,24,26,29-34,36,38H,1H3/b11-4+/t14?,24-,26?,29-,30-/m0/s1. The Morgan fingerprint density at radius 3 is 2.19 bits per heavy atom. The van der Waals surface area contributed by atoms with Gasteiger partial charge in [-0.1, -0.05) is 12.1 Å². The number of esters is 1. The quantitative estimate of drug-likeness (QED) is 0.145. The van der Waals surface area contributed by atoms with Gasteiger partial charge in [0.1, 0.15) is 46.2 Å². The van der Waals surface area contributed by atoms with Crippen LogP contribution in [0.3, 0.4) is 0 Å². The number of hydrogen-bond donors (Lipinski definition) is 6. The van der Waals surface area contributed by atoms with Crippen LogP contribution in [0.15, 0.2) is 76.0 Å². The second-order valence-corrected chi connectivity index (χ2v) is 9.61. The lowest BCUT2D eigenvalue weighted by Crippen LogP contribution is -2.59. The maximum atomic E-state index is 13.7. The molecule has 1 aromatic heterocycles. The number of benzene rings is 3. The van der Waals surface area contributed by atoms with Crippen LogP contribution in [0.5, 0.6) is 28.7 Å². The topological polar surface area (TPSA) is 196 Å². The lowest BCUT2D eigenvalue weighted by atomic mass is 9.99. The number of aromatic hydroxyl groups is 4. The van der Waals surface area contributed by atoms with Crippen LogP contribution in [0.1, 0.15) is 12.5 Å². The number of phenolic OH excluding ortho intramolecular Hbond substituents is 4. The summed E-state index contributed by atoms with van der Waals surface area (Å²) in [5.41, 5.74) is -0.251. The zero-order valence-corrected chi connectivity index (χ0v) is 21.9. The van der Waals surface area contributed by atoms with Crippen molar-refractivity contribution in [3.05, 3.63) is 82.5 Å². The summed E-state index contributed by atoms with van der Waals surface area (Å²) >= 11 is 0. The second-order valence-electron chi connectivity index (χ2n) is 9.61. The van der Waals surface area contributed by atoms with Crippen molar-refractivity contribution in [2.45, 2.75) is 37.6 Å². The first-order valence-corrected chi connectivity index (χ1v) is 12.7. The molecule has 1 fully saturated rings. The van der Waals surface area contributed by atoms with Gasteiger partial charge in [0.2, 0.25) is 17.5 Å². The minimum Gasteiger partial charge on any atom is -0.508 e. The van der Waals surface area contributed by atoms with Gasteiger partial charge in [0.25, 0.3) is 0 Å². The number of aliphatic hydroxyl groups excluding tert-OH is 2. The predicted octanol–water partition coefficient (Wildman–Crippen LogP) is 2.75. The van der Waals surface area contributed by atoms with E-state index in [1.54, 1.807) is 12.1 Å². The van der Waals surface area contributed by atoms with Crippen LogP contribution in [-0.2, 0) is 14.3 Å². The normalized spacial score (nSPS) is 22.3. The predicted molar refractivity (Wildman–Crippen MR) is 147 cm³/mol. The van der Waals surface area contributed by atoms with E-state index in [4.69, 9.17) is 18.6 Å². The number of carbonyl (C=O) groups excluding carboxylic acids is 1. The van der Waals surface area contributed by atoms with E-state index in [-0.39, 0.29) is 39.5 Å². The van der Waals surface area contributed by atoms with Crippen LogP contribution in [0.4, 0.5) is 0 Å². The van der Waals surface area contributed by atoms with Crippen molar-refractivity contribution in [1.82, 2.24) is 0 Å². The van der Waals surface area contributed by atoms with Crippen LogP contribution >= 0.6 is 0 Å². The van der Waals surface area contributed by atoms with Crippen molar-refractivity contribution in [3.63, 3.8) is 0 Å². The monoisotopic (exact) mass is 578 g/mol. The third kappa shape index (κ3) is 5.72. The molecule has 42 heavy (non-hydrogen) atoms. The molecule has 12 heteroatoms. The summed E-state index contributed by atoms with van der Waals surface area (Å²) in [6.07, 6.45) is -5.03. The first kappa shape index (κ1) is 28.5. The van der Waals surface area contributed by atoms with Crippen LogP contribution < -0.4 is 10.2 Å². The second kappa shape index (κ2) is 11.4. The van der Waals surface area contributed by atoms with Crippen LogP contribution in [-0.4, -0.2) is 67.3 Å². The molecule has 5 atom stereocenters. The molecule has 2 unspecified atom stereocenters. The molecule has 1 aliphatic heterocycles. The Morgan fingerprint density at radius 2 is 1.52 bits per heavy atom. The van der Waals surface area contributed by atoms with Crippen LogP contribution in [0.2, 0.25) is 0 Å². The maximum absolute atomic E-state index is 13.7. The van der Waals surface area contributed by atoms with Crippen molar-refractivity contribution < 1.29 is 54.1 Å². The highest BCUT2D eigenvalue weighted by Crippen LogP contribution is 2.37. The van der Waals surface area contributed by atoms with Gasteiger partial charge in [0, 0.05) is 23.8 Å². The highest BCUT2D eigenvalue weighted by Gasteiger charge is 2.47. The molecular weight excluding hydrogens is 552 g/mol. The van der Waals surface area contributed by atoms with Crippen molar-refractivity contribution >= 4 is 23.0 Å². The Balaban J connectivity index is 1.54. The van der Waals surface area contributed by atoms with Crippen LogP contribution in [0, 0.1) is 0 Å². The van der Waals surface area contributed by atoms with Gasteiger partial charge in [0.05, 0.1) is 6.10 Å². The van der Waals surface area contributed by atoms with Gasteiger partial charge in [-0.05, 0) is 55.0 Å². The number of aliphatic hydroxyl groups is 2. The van der Waals surface area contributed by atoms with E-state index in [9.17, 15) is 40.2 Å². The molecule has 218 valence electrons. The first-order valence-electron chi connectivity index (χ1n) is 12.7. The average molecular weight is 579 g/mol. The highest BCUT2D eigenvalue weighted by molar-refractivity contribution is 5.88. The Labute approximate surface area is 237 Å². The fraction of sp³-hybridized carbons (Fsp3) is 0.200. The summed E-state index contributed by atoms with van der Waals surface area (Å²) in [5.74, 6) is -2.64. The molecule has 6 N–H and O–H groups in total. The number of rotatable bonds is 6. The Bertz CT molecular complexity index is 1690. The van der Waals surface area contributed by atoms with E-state index in [2.05, 4.69) is 0 Å². The molecule has 0 bridgehead atoms. The molecule has 0 aliphatic carbocycles. The van der Waals surface area contributed by atoms with E-state index in [1.165, 1.54) is 49.4 Å². The van der Waals surface area contributed by atoms with Crippen LogP contribution in [0.25, 0.3) is 28.4 Å². The third-order valence-electron chi connectivity index (χ3n) is 6.62. The molecule has 1 aliphatic rings. The maximum Gasteiger partial charge on any atom is 0.331 e. The summed E-state index contributed by atoms with van der Waals surface area (Å²) in [7, 11) is 0. The molecule has 4 aromatic rings. The first-order chi connectivity index (χ1) is 20.0. The van der Waals surface area contributed by atoms with Crippen molar-refractivity contribution in [3.8, 4) is 40.1 Å². The molecule has 1 saturated heterocycles. The average Bonchev–Trinajstić information content (AvgIpc) is 2.95. The molecule has 12 nitrogen and oxygen atoms in total. The molecular formula is C30H26O12. The molecule has 0 amide bonds. The molecule has 0 saturated carbocycles. The number of phenols is 4. The third-order valence-corrected chi connectivity index (χ3v) is 6.62. The number of ether oxygens (including phenoxy) is 3. The van der Waals surface area contributed by atoms with Gasteiger partial charge in [0.15, 0.2) is 11.9 Å². The van der Waals surface area contributed by atoms with E-state index in [0.29, 0.717) is 5.56 Å². The number of hydrogen-bond acceptors (Lipinski definition) is 12. The molecule has 3 aromatic carbocycles. The van der Waals surface area contributed by atoms with Gasteiger partial charge >= 0.3 is 5.97 Å². The molecule has 0 radical (unpaired) electrons. The minimum absolute atomic E-state index is 0.0373. The zero-order valence-electron chi connectivity index (χ0n) is 21.9. The van der Waals surface area contributed by atoms with E-state index in [1.807, 2.05) is 0 Å². The lowest BCUT2D eigenvalue weighted by molar-refractivity contribution is -0.272. The van der Waals surface area contributed by atoms with Gasteiger partial charge in [-0.3, -0.25) is 4.79 Å². The van der Waals surface area contributed by atoms with Gasteiger partial charge in [-0.15, -0.1) is 0 Å². The van der Waals surface area contributed by atoms with Gasteiger partial charge < -0.3 is 49.3 Å². The molecule has 2 heterocycles. The lowest BCUT2D eigenvalue weighted by Gasteiger charge is -2.40. The van der Waals surface area contributed by atoms with Gasteiger partial charge in [-0.25, -0.2) is 4.79 Å². The summed E-state index contributed by atoms with van der Waals surface area (Å²) in [6.45, 7) is 1.44. The summed E-state index contributed by atoms with van der Waals surface area (Å²) < 4.78 is 22.9. The van der Waals surface area contributed by atoms with E-state index in [0.717, 1.165) is 18.2 Å². The Hall–Kier alpha value is -5.04.